The van der Waals surface area contributed by atoms with Crippen molar-refractivity contribution >= 4 is 23.1 Å². The van der Waals surface area contributed by atoms with Gasteiger partial charge in [-0.1, -0.05) is 24.6 Å². The van der Waals surface area contributed by atoms with Gasteiger partial charge in [0.1, 0.15) is 5.01 Å². The summed E-state index contributed by atoms with van der Waals surface area (Å²) in [5.41, 5.74) is 2.47. The number of hydrogen-bond acceptors (Lipinski definition) is 4. The molecule has 0 aliphatic rings. The second kappa shape index (κ2) is 6.92. The molecule has 4 heteroatoms. The molecule has 96 valence electrons. The van der Waals surface area contributed by atoms with E-state index >= 15 is 0 Å². The van der Waals surface area contributed by atoms with E-state index in [0.717, 1.165) is 24.5 Å². The molecule has 0 aliphatic heterocycles. The molecule has 1 heterocycles. The molecule has 18 heavy (non-hydrogen) atoms. The zero-order valence-corrected chi connectivity index (χ0v) is 12.4. The molecule has 0 fully saturated rings. The number of thiazole rings is 1. The topological polar surface area (TPSA) is 24.9 Å². The van der Waals surface area contributed by atoms with Crippen molar-refractivity contribution in [2.45, 2.75) is 31.0 Å². The van der Waals surface area contributed by atoms with Gasteiger partial charge in [0.25, 0.3) is 0 Å². The van der Waals surface area contributed by atoms with Crippen LogP contribution in [0.2, 0.25) is 0 Å². The van der Waals surface area contributed by atoms with Crippen LogP contribution < -0.4 is 5.32 Å². The van der Waals surface area contributed by atoms with Gasteiger partial charge < -0.3 is 5.32 Å². The smallest absolute Gasteiger partial charge is 0.103 e. The van der Waals surface area contributed by atoms with E-state index in [1.165, 1.54) is 15.5 Å². The van der Waals surface area contributed by atoms with Crippen LogP contribution in [0.1, 0.15) is 23.2 Å². The normalized spacial score (nSPS) is 10.8. The summed E-state index contributed by atoms with van der Waals surface area (Å²) in [6.07, 6.45) is 0. The first-order chi connectivity index (χ1) is 8.78. The predicted octanol–water partition coefficient (Wildman–Crippen LogP) is 3.85. The molecule has 2 nitrogen and oxygen atoms in total. The van der Waals surface area contributed by atoms with Gasteiger partial charge >= 0.3 is 0 Å². The zero-order chi connectivity index (χ0) is 12.8. The maximum atomic E-state index is 4.62. The van der Waals surface area contributed by atoms with Crippen molar-refractivity contribution in [3.8, 4) is 0 Å². The summed E-state index contributed by atoms with van der Waals surface area (Å²) in [5.74, 6) is 0.959. The molecule has 0 aliphatic carbocycles. The fourth-order valence-corrected chi connectivity index (χ4v) is 3.43. The van der Waals surface area contributed by atoms with Crippen LogP contribution in [0, 0.1) is 6.92 Å². The summed E-state index contributed by atoms with van der Waals surface area (Å²) in [6.45, 7) is 6.11. The summed E-state index contributed by atoms with van der Waals surface area (Å²) < 4.78 is 0. The van der Waals surface area contributed by atoms with Gasteiger partial charge in [-0.3, -0.25) is 0 Å². The number of hydrogen-bond donors (Lipinski definition) is 1. The highest BCUT2D eigenvalue weighted by Gasteiger charge is 2.02. The number of aromatic nitrogens is 1. The first-order valence-electron chi connectivity index (χ1n) is 6.11. The highest BCUT2D eigenvalue weighted by atomic mass is 32.2. The molecule has 2 rings (SSSR count). The fraction of sp³-hybridized carbons (Fsp3) is 0.357. The lowest BCUT2D eigenvalue weighted by molar-refractivity contribution is 0.713. The lowest BCUT2D eigenvalue weighted by Crippen LogP contribution is -2.11. The Labute approximate surface area is 117 Å². The lowest BCUT2D eigenvalue weighted by atomic mass is 10.2. The fourth-order valence-electron chi connectivity index (χ4n) is 1.60. The lowest BCUT2D eigenvalue weighted by Gasteiger charge is -2.00. The van der Waals surface area contributed by atoms with Gasteiger partial charge in [0.15, 0.2) is 0 Å². The SMILES string of the molecule is CCNCc1csc(CSc2cccc(C)c2)n1. The first kappa shape index (κ1) is 13.6. The number of thioether (sulfide) groups is 1. The first-order valence-corrected chi connectivity index (χ1v) is 7.98. The standard InChI is InChI=1S/C14H18N2S2/c1-3-15-8-12-9-18-14(16-12)10-17-13-6-4-5-11(2)7-13/h4-7,9,15H,3,8,10H2,1-2H3. The number of nitrogens with one attached hydrogen (secondary N) is 1. The van der Waals surface area contributed by atoms with E-state index in [0.29, 0.717) is 0 Å². The van der Waals surface area contributed by atoms with Crippen molar-refractivity contribution in [1.82, 2.24) is 10.3 Å². The van der Waals surface area contributed by atoms with Crippen LogP contribution in [-0.2, 0) is 12.3 Å². The van der Waals surface area contributed by atoms with Gasteiger partial charge in [-0.05, 0) is 25.6 Å². The molecule has 0 bridgehead atoms. The van der Waals surface area contributed by atoms with Crippen LogP contribution in [0.25, 0.3) is 0 Å². The van der Waals surface area contributed by atoms with Crippen molar-refractivity contribution in [2.24, 2.45) is 0 Å². The largest absolute Gasteiger partial charge is 0.311 e. The Morgan fingerprint density at radius 2 is 2.28 bits per heavy atom. The van der Waals surface area contributed by atoms with E-state index in [1.807, 2.05) is 11.8 Å². The van der Waals surface area contributed by atoms with E-state index in [1.54, 1.807) is 11.3 Å². The molecule has 0 spiro atoms. The molecule has 0 unspecified atom stereocenters. The molecule has 0 atom stereocenters. The van der Waals surface area contributed by atoms with Gasteiger partial charge in [-0.15, -0.1) is 23.1 Å². The monoisotopic (exact) mass is 278 g/mol. The van der Waals surface area contributed by atoms with Crippen molar-refractivity contribution in [3.63, 3.8) is 0 Å². The zero-order valence-electron chi connectivity index (χ0n) is 10.8. The predicted molar refractivity (Wildman–Crippen MR) is 80.2 cm³/mol. The van der Waals surface area contributed by atoms with E-state index < -0.39 is 0 Å². The van der Waals surface area contributed by atoms with Crippen LogP contribution in [0.3, 0.4) is 0 Å². The second-order valence-electron chi connectivity index (χ2n) is 4.12. The average Bonchev–Trinajstić information content (AvgIpc) is 2.82. The summed E-state index contributed by atoms with van der Waals surface area (Å²) >= 11 is 3.60. The summed E-state index contributed by atoms with van der Waals surface area (Å²) in [7, 11) is 0. The van der Waals surface area contributed by atoms with Crippen molar-refractivity contribution in [1.29, 1.82) is 0 Å². The van der Waals surface area contributed by atoms with Gasteiger partial charge in [0.05, 0.1) is 11.4 Å². The minimum absolute atomic E-state index is 0.877. The number of rotatable bonds is 6. The average molecular weight is 278 g/mol. The van der Waals surface area contributed by atoms with Crippen LogP contribution in [-0.4, -0.2) is 11.5 Å². The second-order valence-corrected chi connectivity index (χ2v) is 6.11. The third-order valence-electron chi connectivity index (χ3n) is 2.51. The Bertz CT molecular complexity index is 494. The highest BCUT2D eigenvalue weighted by Crippen LogP contribution is 2.25. The molecule has 1 aromatic carbocycles. The molecule has 2 aromatic rings. The molecule has 0 radical (unpaired) electrons. The number of aryl methyl sites for hydroxylation is 1. The maximum absolute atomic E-state index is 4.62. The van der Waals surface area contributed by atoms with E-state index in [-0.39, 0.29) is 0 Å². The molecular formula is C14H18N2S2. The van der Waals surface area contributed by atoms with Crippen molar-refractivity contribution in [2.75, 3.05) is 6.54 Å². The highest BCUT2D eigenvalue weighted by molar-refractivity contribution is 7.98. The molecular weight excluding hydrogens is 260 g/mol. The molecule has 0 amide bonds. The molecule has 0 saturated carbocycles. The minimum Gasteiger partial charge on any atom is -0.311 e. The van der Waals surface area contributed by atoms with Crippen LogP contribution in [0.4, 0.5) is 0 Å². The van der Waals surface area contributed by atoms with E-state index in [2.05, 4.69) is 53.8 Å². The Kier molecular flexibility index (Phi) is 5.23. The minimum atomic E-state index is 0.877. The quantitative estimate of drug-likeness (QED) is 0.812. The van der Waals surface area contributed by atoms with Crippen LogP contribution in [0.5, 0.6) is 0 Å². The Morgan fingerprint density at radius 1 is 1.39 bits per heavy atom. The van der Waals surface area contributed by atoms with Gasteiger partial charge in [0.2, 0.25) is 0 Å². The third-order valence-corrected chi connectivity index (χ3v) is 4.59. The molecule has 0 saturated heterocycles. The summed E-state index contributed by atoms with van der Waals surface area (Å²) in [4.78, 5) is 5.94. The van der Waals surface area contributed by atoms with Crippen LogP contribution in [0.15, 0.2) is 34.5 Å². The molecule has 1 N–H and O–H groups in total. The van der Waals surface area contributed by atoms with Gasteiger partial charge in [0, 0.05) is 16.8 Å². The van der Waals surface area contributed by atoms with Gasteiger partial charge in [-0.25, -0.2) is 4.98 Å². The van der Waals surface area contributed by atoms with Crippen molar-refractivity contribution < 1.29 is 0 Å². The van der Waals surface area contributed by atoms with Crippen molar-refractivity contribution in [3.05, 3.63) is 45.9 Å². The van der Waals surface area contributed by atoms with E-state index in [4.69, 9.17) is 0 Å². The summed E-state index contributed by atoms with van der Waals surface area (Å²) in [6, 6.07) is 8.61. The Hall–Kier alpha value is -0.840. The van der Waals surface area contributed by atoms with Gasteiger partial charge in [-0.2, -0.15) is 0 Å². The third kappa shape index (κ3) is 4.12. The van der Waals surface area contributed by atoms with E-state index in [9.17, 15) is 0 Å². The Morgan fingerprint density at radius 3 is 3.06 bits per heavy atom. The molecule has 1 aromatic heterocycles. The summed E-state index contributed by atoms with van der Waals surface area (Å²) in [5, 5.41) is 6.65. The van der Waals surface area contributed by atoms with Crippen LogP contribution >= 0.6 is 23.1 Å². The number of benzene rings is 1. The Balaban J connectivity index is 1.88. The maximum Gasteiger partial charge on any atom is 0.103 e. The number of nitrogens with zero attached hydrogens (tertiary/aromatic N) is 1.